The maximum atomic E-state index is 11.1. The van der Waals surface area contributed by atoms with Gasteiger partial charge in [0.25, 0.3) is 0 Å². The minimum Gasteiger partial charge on any atom is -0.481 e. The second-order valence-corrected chi connectivity index (χ2v) is 3.06. The van der Waals surface area contributed by atoms with Crippen molar-refractivity contribution < 1.29 is 19.4 Å². The number of carbonyl (C=O) groups excluding carboxylic acids is 1. The predicted octanol–water partition coefficient (Wildman–Crippen LogP) is -0.510. The van der Waals surface area contributed by atoms with Crippen molar-refractivity contribution >= 4 is 11.9 Å². The molecular formula is C8H9NO4. The number of ether oxygens (including phenoxy) is 1. The second-order valence-electron chi connectivity index (χ2n) is 3.06. The Bertz CT molecular complexity index is 297. The molecular weight excluding hydrogens is 174 g/mol. The van der Waals surface area contributed by atoms with Gasteiger partial charge in [0.15, 0.2) is 5.92 Å². The highest BCUT2D eigenvalue weighted by atomic mass is 16.5. The number of carbonyl (C=O) groups is 2. The molecule has 2 rings (SSSR count). The highest BCUT2D eigenvalue weighted by molar-refractivity contribution is 5.97. The molecule has 2 aliphatic heterocycles. The SMILES string of the molecule is O=C(O)C1C(=O)OC2=CCCNC21. The van der Waals surface area contributed by atoms with Gasteiger partial charge in [-0.05, 0) is 19.0 Å². The zero-order chi connectivity index (χ0) is 9.42. The zero-order valence-corrected chi connectivity index (χ0v) is 6.82. The summed E-state index contributed by atoms with van der Waals surface area (Å²) in [5.41, 5.74) is 0. The number of hydrogen-bond acceptors (Lipinski definition) is 4. The number of hydrogen-bond donors (Lipinski definition) is 2. The summed E-state index contributed by atoms with van der Waals surface area (Å²) in [7, 11) is 0. The van der Waals surface area contributed by atoms with Crippen LogP contribution in [0.3, 0.4) is 0 Å². The van der Waals surface area contributed by atoms with E-state index in [1.165, 1.54) is 0 Å². The standard InChI is InChI=1S/C8H9NO4/c10-7(11)5-6-4(13-8(5)12)2-1-3-9-6/h2,5-6,9H,1,3H2,(H,10,11). The van der Waals surface area contributed by atoms with E-state index >= 15 is 0 Å². The normalized spacial score (nSPS) is 32.0. The third-order valence-corrected chi connectivity index (χ3v) is 2.23. The lowest BCUT2D eigenvalue weighted by Gasteiger charge is -2.18. The predicted molar refractivity (Wildman–Crippen MR) is 41.7 cm³/mol. The van der Waals surface area contributed by atoms with Gasteiger partial charge in [-0.1, -0.05) is 0 Å². The Morgan fingerprint density at radius 3 is 3.15 bits per heavy atom. The molecule has 0 aliphatic carbocycles. The lowest BCUT2D eigenvalue weighted by molar-refractivity contribution is -0.151. The van der Waals surface area contributed by atoms with Crippen LogP contribution in [0.4, 0.5) is 0 Å². The fourth-order valence-electron chi connectivity index (χ4n) is 1.63. The Morgan fingerprint density at radius 1 is 1.69 bits per heavy atom. The molecule has 2 aliphatic rings. The van der Waals surface area contributed by atoms with Gasteiger partial charge in [-0.25, -0.2) is 0 Å². The Kier molecular flexibility index (Phi) is 1.81. The van der Waals surface area contributed by atoms with Crippen LogP contribution in [0.1, 0.15) is 6.42 Å². The van der Waals surface area contributed by atoms with Crippen LogP contribution in [0.5, 0.6) is 0 Å². The largest absolute Gasteiger partial charge is 0.481 e. The first-order valence-electron chi connectivity index (χ1n) is 4.08. The minimum atomic E-state index is -1.13. The molecule has 2 heterocycles. The van der Waals surface area contributed by atoms with E-state index in [2.05, 4.69) is 5.32 Å². The first-order valence-corrected chi connectivity index (χ1v) is 4.08. The highest BCUT2D eigenvalue weighted by Crippen LogP contribution is 2.27. The van der Waals surface area contributed by atoms with E-state index < -0.39 is 23.9 Å². The quantitative estimate of drug-likeness (QED) is 0.423. The smallest absolute Gasteiger partial charge is 0.327 e. The lowest BCUT2D eigenvalue weighted by atomic mass is 9.99. The number of nitrogens with one attached hydrogen (secondary N) is 1. The van der Waals surface area contributed by atoms with Crippen LogP contribution in [0.15, 0.2) is 11.8 Å². The first kappa shape index (κ1) is 8.25. The molecule has 0 bridgehead atoms. The lowest BCUT2D eigenvalue weighted by Crippen LogP contribution is -2.41. The topological polar surface area (TPSA) is 75.6 Å². The molecule has 2 unspecified atom stereocenters. The maximum Gasteiger partial charge on any atom is 0.327 e. The second kappa shape index (κ2) is 2.85. The van der Waals surface area contributed by atoms with Crippen molar-refractivity contribution in [3.63, 3.8) is 0 Å². The van der Waals surface area contributed by atoms with Crippen molar-refractivity contribution in [3.05, 3.63) is 11.8 Å². The van der Waals surface area contributed by atoms with Gasteiger partial charge in [0.2, 0.25) is 0 Å². The molecule has 2 N–H and O–H groups in total. The van der Waals surface area contributed by atoms with Crippen LogP contribution in [0.25, 0.3) is 0 Å². The maximum absolute atomic E-state index is 11.1. The monoisotopic (exact) mass is 183 g/mol. The molecule has 5 nitrogen and oxygen atoms in total. The molecule has 2 atom stereocenters. The van der Waals surface area contributed by atoms with E-state index in [4.69, 9.17) is 9.84 Å². The summed E-state index contributed by atoms with van der Waals surface area (Å²) >= 11 is 0. The van der Waals surface area contributed by atoms with Crippen LogP contribution < -0.4 is 5.32 Å². The van der Waals surface area contributed by atoms with Gasteiger partial charge in [-0.3, -0.25) is 9.59 Å². The number of fused-ring (bicyclic) bond motifs is 1. The molecule has 5 heteroatoms. The van der Waals surface area contributed by atoms with Gasteiger partial charge in [-0.15, -0.1) is 0 Å². The Labute approximate surface area is 74.4 Å². The Morgan fingerprint density at radius 2 is 2.46 bits per heavy atom. The zero-order valence-electron chi connectivity index (χ0n) is 6.82. The fraction of sp³-hybridized carbons (Fsp3) is 0.500. The van der Waals surface area contributed by atoms with E-state index in [1.54, 1.807) is 6.08 Å². The van der Waals surface area contributed by atoms with Gasteiger partial charge < -0.3 is 15.2 Å². The summed E-state index contributed by atoms with van der Waals surface area (Å²) in [6, 6.07) is -0.459. The van der Waals surface area contributed by atoms with Crippen LogP contribution in [0.2, 0.25) is 0 Å². The summed E-state index contributed by atoms with van der Waals surface area (Å²) in [6.07, 6.45) is 2.54. The number of esters is 1. The molecule has 70 valence electrons. The minimum absolute atomic E-state index is 0.459. The molecule has 1 fully saturated rings. The Balaban J connectivity index is 2.29. The number of carboxylic acids is 1. The van der Waals surface area contributed by atoms with Crippen LogP contribution >= 0.6 is 0 Å². The van der Waals surface area contributed by atoms with E-state index in [0.29, 0.717) is 12.3 Å². The van der Waals surface area contributed by atoms with Crippen molar-refractivity contribution in [3.8, 4) is 0 Å². The van der Waals surface area contributed by atoms with Gasteiger partial charge in [-0.2, -0.15) is 0 Å². The van der Waals surface area contributed by atoms with Crippen molar-refractivity contribution in [1.29, 1.82) is 0 Å². The van der Waals surface area contributed by atoms with Gasteiger partial charge in [0.1, 0.15) is 5.76 Å². The summed E-state index contributed by atoms with van der Waals surface area (Å²) in [6.45, 7) is 0.689. The molecule has 0 saturated carbocycles. The summed E-state index contributed by atoms with van der Waals surface area (Å²) in [5.74, 6) is -2.42. The van der Waals surface area contributed by atoms with E-state index in [0.717, 1.165) is 6.42 Å². The summed E-state index contributed by atoms with van der Waals surface area (Å²) < 4.78 is 4.82. The van der Waals surface area contributed by atoms with Crippen LogP contribution in [-0.2, 0) is 14.3 Å². The third kappa shape index (κ3) is 1.21. The van der Waals surface area contributed by atoms with Gasteiger partial charge in [0, 0.05) is 0 Å². The highest BCUT2D eigenvalue weighted by Gasteiger charge is 2.46. The number of aliphatic carboxylic acids is 1. The molecule has 0 amide bonds. The van der Waals surface area contributed by atoms with Crippen molar-refractivity contribution in [1.82, 2.24) is 5.32 Å². The van der Waals surface area contributed by atoms with E-state index in [9.17, 15) is 9.59 Å². The first-order chi connectivity index (χ1) is 6.20. The third-order valence-electron chi connectivity index (χ3n) is 2.23. The number of rotatable bonds is 1. The van der Waals surface area contributed by atoms with Crippen molar-refractivity contribution in [2.75, 3.05) is 6.54 Å². The summed E-state index contributed by atoms with van der Waals surface area (Å²) in [5, 5.41) is 11.7. The summed E-state index contributed by atoms with van der Waals surface area (Å²) in [4.78, 5) is 21.8. The average molecular weight is 183 g/mol. The van der Waals surface area contributed by atoms with Crippen molar-refractivity contribution in [2.24, 2.45) is 5.92 Å². The molecule has 0 aromatic heterocycles. The molecule has 0 aromatic rings. The average Bonchev–Trinajstić information content (AvgIpc) is 2.39. The molecule has 0 spiro atoms. The molecule has 1 saturated heterocycles. The van der Waals surface area contributed by atoms with Crippen LogP contribution in [0, 0.1) is 5.92 Å². The van der Waals surface area contributed by atoms with Gasteiger partial charge in [0.05, 0.1) is 6.04 Å². The fourth-order valence-corrected chi connectivity index (χ4v) is 1.63. The number of carboxylic acid groups (broad SMARTS) is 1. The van der Waals surface area contributed by atoms with E-state index in [1.807, 2.05) is 0 Å². The molecule has 0 aromatic carbocycles. The Hall–Kier alpha value is -1.36. The molecule has 13 heavy (non-hydrogen) atoms. The van der Waals surface area contributed by atoms with Crippen molar-refractivity contribution in [2.45, 2.75) is 12.5 Å². The van der Waals surface area contributed by atoms with Crippen LogP contribution in [-0.4, -0.2) is 29.6 Å². The molecule has 0 radical (unpaired) electrons. The van der Waals surface area contributed by atoms with E-state index in [-0.39, 0.29) is 0 Å². The van der Waals surface area contributed by atoms with Gasteiger partial charge >= 0.3 is 11.9 Å².